The largest absolute Gasteiger partial charge is 0.486 e. The minimum atomic E-state index is -0.614. The zero-order chi connectivity index (χ0) is 15.6. The summed E-state index contributed by atoms with van der Waals surface area (Å²) in [4.78, 5) is 13.6. The number of hydrogen-bond donors (Lipinski definition) is 2. The normalized spacial score (nSPS) is 19.1. The Bertz CT molecular complexity index is 516. The highest BCUT2D eigenvalue weighted by Crippen LogP contribution is 2.37. The molecule has 2 unspecified atom stereocenters. The van der Waals surface area contributed by atoms with Gasteiger partial charge in [-0.25, -0.2) is 0 Å². The summed E-state index contributed by atoms with van der Waals surface area (Å²) in [5, 5.41) is 10.1. The van der Waals surface area contributed by atoms with Gasteiger partial charge in [-0.3, -0.25) is 4.79 Å². The van der Waals surface area contributed by atoms with Crippen molar-refractivity contribution in [3.8, 4) is 5.75 Å². The SMILES string of the molecule is CC(=O)N1CC(C(C)C)Oc2ccc(C(O)CCN)cc21. The van der Waals surface area contributed by atoms with Crippen LogP contribution in [0.4, 0.5) is 5.69 Å². The van der Waals surface area contributed by atoms with E-state index >= 15 is 0 Å². The summed E-state index contributed by atoms with van der Waals surface area (Å²) in [6, 6.07) is 5.49. The van der Waals surface area contributed by atoms with Crippen molar-refractivity contribution in [2.24, 2.45) is 11.7 Å². The number of rotatable bonds is 4. The van der Waals surface area contributed by atoms with Gasteiger partial charge in [-0.15, -0.1) is 0 Å². The van der Waals surface area contributed by atoms with Crippen molar-refractivity contribution in [1.82, 2.24) is 0 Å². The maximum Gasteiger partial charge on any atom is 0.224 e. The second-order valence-electron chi connectivity index (χ2n) is 5.85. The Morgan fingerprint density at radius 1 is 1.52 bits per heavy atom. The number of nitrogens with zero attached hydrogens (tertiary/aromatic N) is 1. The maximum absolute atomic E-state index is 11.9. The molecule has 2 rings (SSSR count). The number of amides is 1. The lowest BCUT2D eigenvalue weighted by Crippen LogP contribution is -2.45. The molecule has 2 atom stereocenters. The lowest BCUT2D eigenvalue weighted by molar-refractivity contribution is -0.117. The third-order valence-electron chi connectivity index (χ3n) is 3.86. The number of fused-ring (bicyclic) bond motifs is 1. The second kappa shape index (κ2) is 6.45. The molecule has 0 bridgehead atoms. The van der Waals surface area contributed by atoms with Gasteiger partial charge in [-0.2, -0.15) is 0 Å². The fraction of sp³-hybridized carbons (Fsp3) is 0.562. The second-order valence-corrected chi connectivity index (χ2v) is 5.85. The first-order chi connectivity index (χ1) is 9.93. The average Bonchev–Trinajstić information content (AvgIpc) is 2.45. The van der Waals surface area contributed by atoms with Gasteiger partial charge in [0.25, 0.3) is 0 Å². The number of carbonyl (C=O) groups is 1. The smallest absolute Gasteiger partial charge is 0.224 e. The van der Waals surface area contributed by atoms with E-state index in [1.165, 1.54) is 0 Å². The number of anilines is 1. The van der Waals surface area contributed by atoms with Gasteiger partial charge in [0, 0.05) is 6.92 Å². The molecule has 0 saturated heterocycles. The highest BCUT2D eigenvalue weighted by Gasteiger charge is 2.30. The molecule has 21 heavy (non-hydrogen) atoms. The van der Waals surface area contributed by atoms with E-state index in [9.17, 15) is 9.90 Å². The Balaban J connectivity index is 2.36. The molecule has 0 aliphatic carbocycles. The Morgan fingerprint density at radius 2 is 2.24 bits per heavy atom. The number of aliphatic hydroxyl groups excluding tert-OH is 1. The number of benzene rings is 1. The van der Waals surface area contributed by atoms with Gasteiger partial charge in [0.15, 0.2) is 0 Å². The third kappa shape index (κ3) is 3.36. The predicted octanol–water partition coefficient (Wildman–Crippen LogP) is 1.84. The summed E-state index contributed by atoms with van der Waals surface area (Å²) < 4.78 is 5.97. The van der Waals surface area contributed by atoms with Crippen LogP contribution in [0.25, 0.3) is 0 Å². The topological polar surface area (TPSA) is 75.8 Å². The Hall–Kier alpha value is -1.59. The van der Waals surface area contributed by atoms with Crippen molar-refractivity contribution < 1.29 is 14.6 Å². The number of carbonyl (C=O) groups excluding carboxylic acids is 1. The van der Waals surface area contributed by atoms with Crippen molar-refractivity contribution in [2.45, 2.75) is 39.4 Å². The summed E-state index contributed by atoms with van der Waals surface area (Å²) in [6.45, 7) is 6.66. The first-order valence-electron chi connectivity index (χ1n) is 7.41. The molecule has 1 aromatic rings. The molecule has 1 aliphatic rings. The zero-order valence-electron chi connectivity index (χ0n) is 12.9. The highest BCUT2D eigenvalue weighted by molar-refractivity contribution is 5.93. The molecule has 0 aromatic heterocycles. The quantitative estimate of drug-likeness (QED) is 0.888. The van der Waals surface area contributed by atoms with Gasteiger partial charge in [0.2, 0.25) is 5.91 Å². The van der Waals surface area contributed by atoms with E-state index in [4.69, 9.17) is 10.5 Å². The van der Waals surface area contributed by atoms with Gasteiger partial charge >= 0.3 is 0 Å². The highest BCUT2D eigenvalue weighted by atomic mass is 16.5. The van der Waals surface area contributed by atoms with Crippen LogP contribution in [0.5, 0.6) is 5.75 Å². The summed E-state index contributed by atoms with van der Waals surface area (Å²) in [5.74, 6) is 0.997. The van der Waals surface area contributed by atoms with Crippen LogP contribution in [0.1, 0.15) is 38.9 Å². The average molecular weight is 292 g/mol. The van der Waals surface area contributed by atoms with E-state index in [1.54, 1.807) is 11.8 Å². The third-order valence-corrected chi connectivity index (χ3v) is 3.86. The zero-order valence-corrected chi connectivity index (χ0v) is 12.9. The maximum atomic E-state index is 11.9. The van der Waals surface area contributed by atoms with Crippen molar-refractivity contribution in [2.75, 3.05) is 18.0 Å². The molecule has 3 N–H and O–H groups in total. The molecule has 1 heterocycles. The van der Waals surface area contributed by atoms with Crippen molar-refractivity contribution in [3.63, 3.8) is 0 Å². The molecular formula is C16H24N2O3. The van der Waals surface area contributed by atoms with Gasteiger partial charge in [-0.1, -0.05) is 19.9 Å². The molecule has 0 spiro atoms. The molecular weight excluding hydrogens is 268 g/mol. The van der Waals surface area contributed by atoms with Crippen molar-refractivity contribution >= 4 is 11.6 Å². The van der Waals surface area contributed by atoms with Crippen LogP contribution in [-0.2, 0) is 4.79 Å². The number of aliphatic hydroxyl groups is 1. The van der Waals surface area contributed by atoms with E-state index < -0.39 is 6.10 Å². The Kier molecular flexibility index (Phi) is 4.85. The summed E-state index contributed by atoms with van der Waals surface area (Å²) in [6.07, 6.45) is -0.132. The van der Waals surface area contributed by atoms with E-state index in [0.29, 0.717) is 31.2 Å². The fourth-order valence-electron chi connectivity index (χ4n) is 2.50. The van der Waals surface area contributed by atoms with E-state index in [-0.39, 0.29) is 12.0 Å². The molecule has 1 aliphatic heterocycles. The van der Waals surface area contributed by atoms with Crippen molar-refractivity contribution in [1.29, 1.82) is 0 Å². The van der Waals surface area contributed by atoms with Crippen LogP contribution in [-0.4, -0.2) is 30.2 Å². The number of nitrogens with two attached hydrogens (primary N) is 1. The molecule has 0 radical (unpaired) electrons. The van der Waals surface area contributed by atoms with Crippen LogP contribution < -0.4 is 15.4 Å². The molecule has 5 nitrogen and oxygen atoms in total. The lowest BCUT2D eigenvalue weighted by atomic mass is 10.0. The monoisotopic (exact) mass is 292 g/mol. The molecule has 1 amide bonds. The van der Waals surface area contributed by atoms with Crippen LogP contribution >= 0.6 is 0 Å². The molecule has 0 saturated carbocycles. The Morgan fingerprint density at radius 3 is 2.81 bits per heavy atom. The van der Waals surface area contributed by atoms with Crippen LogP contribution in [0, 0.1) is 5.92 Å². The van der Waals surface area contributed by atoms with Gasteiger partial charge in [0.1, 0.15) is 11.9 Å². The van der Waals surface area contributed by atoms with Crippen LogP contribution in [0.15, 0.2) is 18.2 Å². The van der Waals surface area contributed by atoms with Crippen LogP contribution in [0.2, 0.25) is 0 Å². The minimum Gasteiger partial charge on any atom is -0.486 e. The Labute approximate surface area is 125 Å². The minimum absolute atomic E-state index is 0.0128. The lowest BCUT2D eigenvalue weighted by Gasteiger charge is -2.36. The molecule has 5 heteroatoms. The molecule has 0 fully saturated rings. The van der Waals surface area contributed by atoms with E-state index in [1.807, 2.05) is 18.2 Å². The summed E-state index contributed by atoms with van der Waals surface area (Å²) in [7, 11) is 0. The summed E-state index contributed by atoms with van der Waals surface area (Å²) in [5.41, 5.74) is 6.97. The number of ether oxygens (including phenoxy) is 1. The molecule has 116 valence electrons. The van der Waals surface area contributed by atoms with Crippen molar-refractivity contribution in [3.05, 3.63) is 23.8 Å². The van der Waals surface area contributed by atoms with Gasteiger partial charge in [-0.05, 0) is 36.6 Å². The van der Waals surface area contributed by atoms with Gasteiger partial charge in [0.05, 0.1) is 18.3 Å². The van der Waals surface area contributed by atoms with E-state index in [2.05, 4.69) is 13.8 Å². The first-order valence-corrected chi connectivity index (χ1v) is 7.41. The molecule has 1 aromatic carbocycles. The van der Waals surface area contributed by atoms with E-state index in [0.717, 1.165) is 11.3 Å². The first kappa shape index (κ1) is 15.8. The number of hydrogen-bond acceptors (Lipinski definition) is 4. The summed E-state index contributed by atoms with van der Waals surface area (Å²) >= 11 is 0. The predicted molar refractivity (Wildman–Crippen MR) is 82.4 cm³/mol. The van der Waals surface area contributed by atoms with Crippen LogP contribution in [0.3, 0.4) is 0 Å². The fourth-order valence-corrected chi connectivity index (χ4v) is 2.50. The standard InChI is InChI=1S/C16H24N2O3/c1-10(2)16-9-18(11(3)19)13-8-12(14(20)6-7-17)4-5-15(13)21-16/h4-5,8,10,14,16,20H,6-7,9,17H2,1-3H3. The van der Waals surface area contributed by atoms with Gasteiger partial charge < -0.3 is 20.5 Å².